The Bertz CT molecular complexity index is 414. The summed E-state index contributed by atoms with van der Waals surface area (Å²) in [4.78, 5) is 4.89. The van der Waals surface area contributed by atoms with Gasteiger partial charge in [0.25, 0.3) is 0 Å². The molecular formula is C16H27N3O. The lowest BCUT2D eigenvalue weighted by atomic mass is 10.2. The van der Waals surface area contributed by atoms with Crippen molar-refractivity contribution in [1.82, 2.24) is 4.90 Å². The van der Waals surface area contributed by atoms with E-state index in [4.69, 9.17) is 10.5 Å². The van der Waals surface area contributed by atoms with Crippen molar-refractivity contribution < 1.29 is 4.74 Å². The molecule has 0 bridgehead atoms. The summed E-state index contributed by atoms with van der Waals surface area (Å²) in [6.07, 6.45) is 2.22. The first kappa shape index (κ1) is 15.0. The van der Waals surface area contributed by atoms with E-state index in [2.05, 4.69) is 29.7 Å². The highest BCUT2D eigenvalue weighted by molar-refractivity contribution is 5.74. The van der Waals surface area contributed by atoms with Crippen LogP contribution in [-0.2, 0) is 0 Å². The van der Waals surface area contributed by atoms with E-state index in [0.717, 1.165) is 56.3 Å². The fourth-order valence-electron chi connectivity index (χ4n) is 2.67. The van der Waals surface area contributed by atoms with E-state index in [1.54, 1.807) is 0 Å². The Hall–Kier alpha value is -1.42. The van der Waals surface area contributed by atoms with Gasteiger partial charge in [-0.15, -0.1) is 0 Å². The van der Waals surface area contributed by atoms with Gasteiger partial charge in [0.05, 0.1) is 18.0 Å². The molecule has 1 aromatic carbocycles. The van der Waals surface area contributed by atoms with E-state index in [0.29, 0.717) is 0 Å². The van der Waals surface area contributed by atoms with Crippen LogP contribution in [0.25, 0.3) is 0 Å². The quantitative estimate of drug-likeness (QED) is 0.812. The van der Waals surface area contributed by atoms with E-state index >= 15 is 0 Å². The molecule has 0 unspecified atom stereocenters. The summed E-state index contributed by atoms with van der Waals surface area (Å²) >= 11 is 0. The van der Waals surface area contributed by atoms with E-state index in [9.17, 15) is 0 Å². The lowest BCUT2D eigenvalue weighted by molar-refractivity contribution is 0.258. The third kappa shape index (κ3) is 3.57. The fraction of sp³-hybridized carbons (Fsp3) is 0.625. The molecule has 4 heteroatoms. The van der Waals surface area contributed by atoms with E-state index in [1.165, 1.54) is 13.0 Å². The SMILES string of the molecule is CCCOc1cccc(N2CCN(CCC)CC2)c1N. The highest BCUT2D eigenvalue weighted by Gasteiger charge is 2.19. The van der Waals surface area contributed by atoms with Gasteiger partial charge in [0.2, 0.25) is 0 Å². The second-order valence-electron chi connectivity index (χ2n) is 5.37. The van der Waals surface area contributed by atoms with Crippen LogP contribution in [0, 0.1) is 0 Å². The molecule has 2 rings (SSSR count). The third-order valence-corrected chi connectivity index (χ3v) is 3.76. The Morgan fingerprint density at radius 1 is 1.10 bits per heavy atom. The highest BCUT2D eigenvalue weighted by Crippen LogP contribution is 2.32. The summed E-state index contributed by atoms with van der Waals surface area (Å²) in [6, 6.07) is 6.10. The Labute approximate surface area is 122 Å². The fourth-order valence-corrected chi connectivity index (χ4v) is 2.67. The zero-order chi connectivity index (χ0) is 14.4. The van der Waals surface area contributed by atoms with Crippen LogP contribution in [0.5, 0.6) is 5.75 Å². The first-order valence-electron chi connectivity index (χ1n) is 7.74. The largest absolute Gasteiger partial charge is 0.491 e. The number of rotatable bonds is 6. The van der Waals surface area contributed by atoms with Crippen LogP contribution >= 0.6 is 0 Å². The van der Waals surface area contributed by atoms with E-state index in [-0.39, 0.29) is 0 Å². The molecular weight excluding hydrogens is 250 g/mol. The van der Waals surface area contributed by atoms with Crippen molar-refractivity contribution in [3.05, 3.63) is 18.2 Å². The van der Waals surface area contributed by atoms with Crippen molar-refractivity contribution >= 4 is 11.4 Å². The molecule has 0 aromatic heterocycles. The number of anilines is 2. The molecule has 0 atom stereocenters. The van der Waals surface area contributed by atoms with Gasteiger partial charge >= 0.3 is 0 Å². The van der Waals surface area contributed by atoms with Crippen LogP contribution in [0.15, 0.2) is 18.2 Å². The molecule has 0 saturated carbocycles. The summed E-state index contributed by atoms with van der Waals surface area (Å²) in [6.45, 7) is 10.6. The van der Waals surface area contributed by atoms with Gasteiger partial charge in [-0.1, -0.05) is 19.9 Å². The van der Waals surface area contributed by atoms with Gasteiger partial charge in [-0.3, -0.25) is 4.90 Å². The first-order valence-corrected chi connectivity index (χ1v) is 7.74. The van der Waals surface area contributed by atoms with Crippen LogP contribution < -0.4 is 15.4 Å². The molecule has 0 radical (unpaired) electrons. The Morgan fingerprint density at radius 2 is 1.85 bits per heavy atom. The van der Waals surface area contributed by atoms with Crippen molar-refractivity contribution in [3.8, 4) is 5.75 Å². The summed E-state index contributed by atoms with van der Waals surface area (Å²) in [7, 11) is 0. The normalized spacial score (nSPS) is 16.4. The van der Waals surface area contributed by atoms with Gasteiger partial charge in [-0.2, -0.15) is 0 Å². The number of benzene rings is 1. The number of nitrogen functional groups attached to an aromatic ring is 1. The molecule has 0 aliphatic carbocycles. The second kappa shape index (κ2) is 7.39. The monoisotopic (exact) mass is 277 g/mol. The Balaban J connectivity index is 2.02. The zero-order valence-corrected chi connectivity index (χ0v) is 12.8. The molecule has 1 aromatic rings. The van der Waals surface area contributed by atoms with Crippen LogP contribution in [0.3, 0.4) is 0 Å². The second-order valence-corrected chi connectivity index (χ2v) is 5.37. The van der Waals surface area contributed by atoms with E-state index in [1.807, 2.05) is 12.1 Å². The number of para-hydroxylation sites is 1. The summed E-state index contributed by atoms with van der Waals surface area (Å²) in [5, 5.41) is 0. The highest BCUT2D eigenvalue weighted by atomic mass is 16.5. The number of ether oxygens (including phenoxy) is 1. The molecule has 1 heterocycles. The van der Waals surface area contributed by atoms with Gasteiger partial charge in [0, 0.05) is 26.2 Å². The van der Waals surface area contributed by atoms with Crippen molar-refractivity contribution in [1.29, 1.82) is 0 Å². The summed E-state index contributed by atoms with van der Waals surface area (Å²) in [5.74, 6) is 0.820. The predicted molar refractivity (Wildman–Crippen MR) is 85.6 cm³/mol. The van der Waals surface area contributed by atoms with Gasteiger partial charge < -0.3 is 15.4 Å². The van der Waals surface area contributed by atoms with Crippen molar-refractivity contribution in [2.24, 2.45) is 0 Å². The summed E-state index contributed by atoms with van der Waals surface area (Å²) in [5.41, 5.74) is 8.17. The topological polar surface area (TPSA) is 41.7 Å². The predicted octanol–water partition coefficient (Wildman–Crippen LogP) is 2.59. The van der Waals surface area contributed by atoms with Gasteiger partial charge in [-0.05, 0) is 31.5 Å². The molecule has 2 N–H and O–H groups in total. The lowest BCUT2D eigenvalue weighted by Gasteiger charge is -2.36. The zero-order valence-electron chi connectivity index (χ0n) is 12.8. The van der Waals surface area contributed by atoms with Gasteiger partial charge in [0.15, 0.2) is 0 Å². The molecule has 0 spiro atoms. The maximum atomic E-state index is 6.27. The number of hydrogen-bond donors (Lipinski definition) is 1. The molecule has 0 amide bonds. The van der Waals surface area contributed by atoms with Crippen LogP contribution in [0.1, 0.15) is 26.7 Å². The maximum Gasteiger partial charge on any atom is 0.144 e. The minimum atomic E-state index is 0.720. The molecule has 112 valence electrons. The minimum absolute atomic E-state index is 0.720. The molecule has 1 fully saturated rings. The Morgan fingerprint density at radius 3 is 2.50 bits per heavy atom. The van der Waals surface area contributed by atoms with Crippen molar-refractivity contribution in [2.45, 2.75) is 26.7 Å². The number of hydrogen-bond acceptors (Lipinski definition) is 4. The first-order chi connectivity index (χ1) is 9.76. The van der Waals surface area contributed by atoms with Crippen LogP contribution in [-0.4, -0.2) is 44.2 Å². The van der Waals surface area contributed by atoms with E-state index < -0.39 is 0 Å². The third-order valence-electron chi connectivity index (χ3n) is 3.76. The Kier molecular flexibility index (Phi) is 5.53. The van der Waals surface area contributed by atoms with Crippen molar-refractivity contribution in [3.63, 3.8) is 0 Å². The van der Waals surface area contributed by atoms with Crippen molar-refractivity contribution in [2.75, 3.05) is 50.0 Å². The molecule has 4 nitrogen and oxygen atoms in total. The number of piperazine rings is 1. The lowest BCUT2D eigenvalue weighted by Crippen LogP contribution is -2.46. The average Bonchev–Trinajstić information content (AvgIpc) is 2.48. The van der Waals surface area contributed by atoms with Crippen LogP contribution in [0.4, 0.5) is 11.4 Å². The number of nitrogens with two attached hydrogens (primary N) is 1. The smallest absolute Gasteiger partial charge is 0.144 e. The maximum absolute atomic E-state index is 6.27. The average molecular weight is 277 g/mol. The molecule has 1 aliphatic heterocycles. The van der Waals surface area contributed by atoms with Gasteiger partial charge in [0.1, 0.15) is 5.75 Å². The minimum Gasteiger partial charge on any atom is -0.491 e. The molecule has 20 heavy (non-hydrogen) atoms. The number of nitrogens with zero attached hydrogens (tertiary/aromatic N) is 2. The standard InChI is InChI=1S/C16H27N3O/c1-3-8-18-9-11-19(12-10-18)14-6-5-7-15(16(14)17)20-13-4-2/h5-7H,3-4,8-13,17H2,1-2H3. The molecule has 1 saturated heterocycles. The van der Waals surface area contributed by atoms with Crippen LogP contribution in [0.2, 0.25) is 0 Å². The van der Waals surface area contributed by atoms with Gasteiger partial charge in [-0.25, -0.2) is 0 Å². The summed E-state index contributed by atoms with van der Waals surface area (Å²) < 4.78 is 5.72. The molecule has 1 aliphatic rings.